The SMILES string of the molecule is COCc1nc(CNc2ncc(C)s2)cs1. The van der Waals surface area contributed by atoms with Crippen molar-refractivity contribution in [1.29, 1.82) is 0 Å². The number of hydrogen-bond donors (Lipinski definition) is 1. The second-order valence-electron chi connectivity index (χ2n) is 3.30. The van der Waals surface area contributed by atoms with Crippen molar-refractivity contribution in [3.05, 3.63) is 27.2 Å². The second-order valence-corrected chi connectivity index (χ2v) is 5.47. The van der Waals surface area contributed by atoms with Gasteiger partial charge in [0.15, 0.2) is 5.13 Å². The van der Waals surface area contributed by atoms with Gasteiger partial charge in [0.05, 0.1) is 18.8 Å². The largest absolute Gasteiger partial charge is 0.378 e. The molecule has 0 saturated heterocycles. The summed E-state index contributed by atoms with van der Waals surface area (Å²) in [6.07, 6.45) is 1.87. The molecule has 0 atom stereocenters. The van der Waals surface area contributed by atoms with E-state index in [4.69, 9.17) is 4.74 Å². The molecule has 0 radical (unpaired) electrons. The summed E-state index contributed by atoms with van der Waals surface area (Å²) in [5, 5.41) is 7.24. The molecule has 0 amide bonds. The molecule has 0 aliphatic rings. The van der Waals surface area contributed by atoms with Crippen LogP contribution in [-0.2, 0) is 17.9 Å². The number of aromatic nitrogens is 2. The maximum atomic E-state index is 5.02. The van der Waals surface area contributed by atoms with E-state index in [2.05, 4.69) is 15.3 Å². The van der Waals surface area contributed by atoms with Crippen molar-refractivity contribution in [3.63, 3.8) is 0 Å². The van der Waals surface area contributed by atoms with Crippen molar-refractivity contribution < 1.29 is 4.74 Å². The summed E-state index contributed by atoms with van der Waals surface area (Å²) in [6.45, 7) is 3.34. The Labute approximate surface area is 102 Å². The third-order valence-electron chi connectivity index (χ3n) is 1.91. The fourth-order valence-corrected chi connectivity index (χ4v) is 2.65. The molecule has 2 heterocycles. The van der Waals surface area contributed by atoms with E-state index in [-0.39, 0.29) is 0 Å². The number of nitrogens with zero attached hydrogens (tertiary/aromatic N) is 2. The van der Waals surface area contributed by atoms with E-state index in [9.17, 15) is 0 Å². The summed E-state index contributed by atoms with van der Waals surface area (Å²) in [6, 6.07) is 0. The van der Waals surface area contributed by atoms with Crippen molar-refractivity contribution in [2.45, 2.75) is 20.1 Å². The molecule has 6 heteroatoms. The zero-order valence-corrected chi connectivity index (χ0v) is 10.8. The van der Waals surface area contributed by atoms with E-state index in [1.807, 2.05) is 18.5 Å². The van der Waals surface area contributed by atoms with Crippen LogP contribution in [0.1, 0.15) is 15.6 Å². The highest BCUT2D eigenvalue weighted by Gasteiger charge is 2.03. The van der Waals surface area contributed by atoms with Gasteiger partial charge in [-0.1, -0.05) is 0 Å². The summed E-state index contributed by atoms with van der Waals surface area (Å²) >= 11 is 3.27. The third-order valence-corrected chi connectivity index (χ3v) is 3.65. The van der Waals surface area contributed by atoms with Gasteiger partial charge in [-0.3, -0.25) is 0 Å². The van der Waals surface area contributed by atoms with E-state index >= 15 is 0 Å². The highest BCUT2D eigenvalue weighted by molar-refractivity contribution is 7.15. The van der Waals surface area contributed by atoms with E-state index in [1.165, 1.54) is 4.88 Å². The Hall–Kier alpha value is -0.980. The topological polar surface area (TPSA) is 47.0 Å². The fraction of sp³-hybridized carbons (Fsp3) is 0.400. The summed E-state index contributed by atoms with van der Waals surface area (Å²) in [5.74, 6) is 0. The Balaban J connectivity index is 1.89. The average Bonchev–Trinajstić information content (AvgIpc) is 2.85. The van der Waals surface area contributed by atoms with Gasteiger partial charge in [-0.25, -0.2) is 9.97 Å². The lowest BCUT2D eigenvalue weighted by Gasteiger charge is -1.98. The van der Waals surface area contributed by atoms with Crippen LogP contribution >= 0.6 is 22.7 Å². The van der Waals surface area contributed by atoms with Crippen LogP contribution in [0.2, 0.25) is 0 Å². The number of ether oxygens (including phenoxy) is 1. The number of anilines is 1. The average molecular weight is 255 g/mol. The molecular formula is C10H13N3OS2. The zero-order valence-electron chi connectivity index (χ0n) is 9.19. The first-order valence-electron chi connectivity index (χ1n) is 4.86. The fourth-order valence-electron chi connectivity index (χ4n) is 1.22. The van der Waals surface area contributed by atoms with Crippen LogP contribution < -0.4 is 5.32 Å². The van der Waals surface area contributed by atoms with Crippen LogP contribution in [-0.4, -0.2) is 17.1 Å². The molecule has 4 nitrogen and oxygen atoms in total. The van der Waals surface area contributed by atoms with Crippen molar-refractivity contribution in [3.8, 4) is 0 Å². The highest BCUT2D eigenvalue weighted by Crippen LogP contribution is 2.18. The molecular weight excluding hydrogens is 242 g/mol. The maximum absolute atomic E-state index is 5.02. The van der Waals surface area contributed by atoms with Gasteiger partial charge >= 0.3 is 0 Å². The molecule has 16 heavy (non-hydrogen) atoms. The van der Waals surface area contributed by atoms with Crippen molar-refractivity contribution in [2.75, 3.05) is 12.4 Å². The molecule has 0 bridgehead atoms. The summed E-state index contributed by atoms with van der Waals surface area (Å²) in [7, 11) is 1.68. The van der Waals surface area contributed by atoms with Crippen LogP contribution in [0.25, 0.3) is 0 Å². The lowest BCUT2D eigenvalue weighted by molar-refractivity contribution is 0.184. The van der Waals surface area contributed by atoms with Crippen LogP contribution in [0.5, 0.6) is 0 Å². The smallest absolute Gasteiger partial charge is 0.183 e. The number of thiazole rings is 2. The number of methoxy groups -OCH3 is 1. The Morgan fingerprint density at radius 1 is 1.50 bits per heavy atom. The molecule has 0 saturated carbocycles. The Morgan fingerprint density at radius 3 is 3.06 bits per heavy atom. The normalized spacial score (nSPS) is 10.6. The van der Waals surface area contributed by atoms with Gasteiger partial charge < -0.3 is 10.1 Å². The molecule has 0 aliphatic carbocycles. The van der Waals surface area contributed by atoms with Gasteiger partial charge in [0, 0.05) is 23.6 Å². The summed E-state index contributed by atoms with van der Waals surface area (Å²) in [4.78, 5) is 9.87. The molecule has 2 rings (SSSR count). The molecule has 0 aliphatic heterocycles. The number of hydrogen-bond acceptors (Lipinski definition) is 6. The Morgan fingerprint density at radius 2 is 2.38 bits per heavy atom. The molecule has 86 valence electrons. The van der Waals surface area contributed by atoms with Gasteiger partial charge in [0.25, 0.3) is 0 Å². The Kier molecular flexibility index (Phi) is 3.87. The summed E-state index contributed by atoms with van der Waals surface area (Å²) < 4.78 is 5.02. The van der Waals surface area contributed by atoms with E-state index < -0.39 is 0 Å². The standard InChI is InChI=1S/C10H13N3OS2/c1-7-3-11-10(16-7)12-4-8-6-15-9(13-8)5-14-2/h3,6H,4-5H2,1-2H3,(H,11,12). The molecule has 2 aromatic heterocycles. The first kappa shape index (κ1) is 11.5. The van der Waals surface area contributed by atoms with Crippen molar-refractivity contribution >= 4 is 27.8 Å². The van der Waals surface area contributed by atoms with Gasteiger partial charge in [-0.05, 0) is 6.92 Å². The molecule has 0 fully saturated rings. The monoisotopic (exact) mass is 255 g/mol. The minimum atomic E-state index is 0.584. The second kappa shape index (κ2) is 5.38. The molecule has 0 unspecified atom stereocenters. The first-order chi connectivity index (χ1) is 7.78. The van der Waals surface area contributed by atoms with E-state index in [0.29, 0.717) is 13.2 Å². The third kappa shape index (κ3) is 3.01. The quantitative estimate of drug-likeness (QED) is 0.892. The predicted molar refractivity (Wildman–Crippen MR) is 67.0 cm³/mol. The number of rotatable bonds is 5. The van der Waals surface area contributed by atoms with Gasteiger partial charge in [-0.2, -0.15) is 0 Å². The lowest BCUT2D eigenvalue weighted by Crippen LogP contribution is -1.99. The van der Waals surface area contributed by atoms with E-state index in [1.54, 1.807) is 29.8 Å². The highest BCUT2D eigenvalue weighted by atomic mass is 32.1. The van der Waals surface area contributed by atoms with Crippen LogP contribution in [0.3, 0.4) is 0 Å². The van der Waals surface area contributed by atoms with Crippen molar-refractivity contribution in [1.82, 2.24) is 9.97 Å². The molecule has 2 aromatic rings. The predicted octanol–water partition coefficient (Wildman–Crippen LogP) is 2.67. The minimum Gasteiger partial charge on any atom is -0.378 e. The number of aryl methyl sites for hydroxylation is 1. The van der Waals surface area contributed by atoms with Gasteiger partial charge in [0.1, 0.15) is 5.01 Å². The first-order valence-corrected chi connectivity index (χ1v) is 6.56. The van der Waals surface area contributed by atoms with Gasteiger partial charge in [0.2, 0.25) is 0 Å². The lowest BCUT2D eigenvalue weighted by atomic mass is 10.5. The van der Waals surface area contributed by atoms with Crippen molar-refractivity contribution in [2.24, 2.45) is 0 Å². The van der Waals surface area contributed by atoms with Crippen LogP contribution in [0.4, 0.5) is 5.13 Å². The number of nitrogens with one attached hydrogen (secondary N) is 1. The Bertz CT molecular complexity index is 452. The summed E-state index contributed by atoms with van der Waals surface area (Å²) in [5.41, 5.74) is 1.03. The molecule has 1 N–H and O–H groups in total. The van der Waals surface area contributed by atoms with Gasteiger partial charge in [-0.15, -0.1) is 22.7 Å². The molecule has 0 aromatic carbocycles. The van der Waals surface area contributed by atoms with Crippen LogP contribution in [0, 0.1) is 6.92 Å². The van der Waals surface area contributed by atoms with E-state index in [0.717, 1.165) is 15.8 Å². The maximum Gasteiger partial charge on any atom is 0.183 e. The molecule has 0 spiro atoms. The zero-order chi connectivity index (χ0) is 11.4. The van der Waals surface area contributed by atoms with Crippen LogP contribution in [0.15, 0.2) is 11.6 Å². The minimum absolute atomic E-state index is 0.584.